The Kier molecular flexibility index (Phi) is 3.99. The lowest BCUT2D eigenvalue weighted by atomic mass is 10.2. The van der Waals surface area contributed by atoms with Crippen molar-refractivity contribution in [1.29, 1.82) is 0 Å². The number of rotatable bonds is 4. The first-order chi connectivity index (χ1) is 8.27. The third-order valence-electron chi connectivity index (χ3n) is 2.68. The van der Waals surface area contributed by atoms with Gasteiger partial charge in [0.1, 0.15) is 0 Å². The fourth-order valence-electron chi connectivity index (χ4n) is 1.94. The average molecular weight is 241 g/mol. The van der Waals surface area contributed by atoms with Crippen LogP contribution in [-0.2, 0) is 0 Å². The lowest BCUT2D eigenvalue weighted by Crippen LogP contribution is -2.21. The molecule has 2 heteroatoms. The number of anilines is 2. The summed E-state index contributed by atoms with van der Waals surface area (Å²) in [6, 6.07) is 21.2. The molecule has 0 heterocycles. The van der Waals surface area contributed by atoms with Crippen molar-refractivity contribution in [3.63, 3.8) is 0 Å². The molecule has 0 amide bonds. The second-order valence-electron chi connectivity index (χ2n) is 4.68. The molecule has 0 spiro atoms. The molecule has 17 heavy (non-hydrogen) atoms. The average Bonchev–Trinajstić information content (AvgIpc) is 2.38. The van der Waals surface area contributed by atoms with Gasteiger partial charge in [0.2, 0.25) is 0 Å². The van der Waals surface area contributed by atoms with Gasteiger partial charge in [0.05, 0.1) is 0 Å². The van der Waals surface area contributed by atoms with E-state index in [0.717, 1.165) is 12.1 Å². The molecule has 0 saturated heterocycles. The standard InChI is InChI=1S/C15H19NSi/c1-13(17)12-16(14-8-4-2-5-9-14)15-10-6-3-7-11-15/h2-11,13H,12H2,1,17H3. The summed E-state index contributed by atoms with van der Waals surface area (Å²) in [4.78, 5) is 2.40. The maximum Gasteiger partial charge on any atom is 0.0410 e. The van der Waals surface area contributed by atoms with Crippen LogP contribution in [0.2, 0.25) is 5.54 Å². The minimum absolute atomic E-state index is 0.774. The van der Waals surface area contributed by atoms with Gasteiger partial charge >= 0.3 is 0 Å². The first-order valence-corrected chi connectivity index (χ1v) is 7.30. The molecule has 88 valence electrons. The molecule has 0 aliphatic carbocycles. The Bertz CT molecular complexity index is 399. The highest BCUT2D eigenvalue weighted by Crippen LogP contribution is 2.26. The SMILES string of the molecule is CC([SiH3])CN(c1ccccc1)c1ccccc1. The van der Waals surface area contributed by atoms with E-state index in [4.69, 9.17) is 0 Å². The van der Waals surface area contributed by atoms with Gasteiger partial charge in [-0.1, -0.05) is 43.3 Å². The molecule has 1 atom stereocenters. The molecule has 0 saturated carbocycles. The van der Waals surface area contributed by atoms with Gasteiger partial charge in [-0.15, -0.1) is 0 Å². The van der Waals surface area contributed by atoms with Gasteiger partial charge < -0.3 is 4.90 Å². The van der Waals surface area contributed by atoms with E-state index in [1.807, 2.05) is 0 Å². The van der Waals surface area contributed by atoms with E-state index in [2.05, 4.69) is 72.5 Å². The van der Waals surface area contributed by atoms with Crippen LogP contribution in [0.5, 0.6) is 0 Å². The Morgan fingerprint density at radius 1 is 0.882 bits per heavy atom. The van der Waals surface area contributed by atoms with Crippen LogP contribution in [0.4, 0.5) is 11.4 Å². The van der Waals surface area contributed by atoms with Crippen molar-refractivity contribution in [2.45, 2.75) is 12.5 Å². The number of para-hydroxylation sites is 2. The number of nitrogens with zero attached hydrogens (tertiary/aromatic N) is 1. The lowest BCUT2D eigenvalue weighted by molar-refractivity contribution is 0.881. The van der Waals surface area contributed by atoms with Crippen molar-refractivity contribution in [3.05, 3.63) is 60.7 Å². The molecule has 0 aromatic heterocycles. The zero-order valence-electron chi connectivity index (χ0n) is 10.5. The van der Waals surface area contributed by atoms with Crippen molar-refractivity contribution in [3.8, 4) is 0 Å². The Balaban J connectivity index is 2.32. The van der Waals surface area contributed by atoms with E-state index in [1.54, 1.807) is 0 Å². The van der Waals surface area contributed by atoms with Gasteiger partial charge in [0.15, 0.2) is 0 Å². The molecule has 2 aromatic rings. The number of benzene rings is 2. The molecule has 0 aliphatic heterocycles. The highest BCUT2D eigenvalue weighted by atomic mass is 28.1. The van der Waals surface area contributed by atoms with Gasteiger partial charge in [-0.2, -0.15) is 0 Å². The monoisotopic (exact) mass is 241 g/mol. The van der Waals surface area contributed by atoms with E-state index < -0.39 is 0 Å². The molecule has 1 nitrogen and oxygen atoms in total. The number of hydrogen-bond acceptors (Lipinski definition) is 1. The zero-order chi connectivity index (χ0) is 12.1. The van der Waals surface area contributed by atoms with Crippen LogP contribution in [0.15, 0.2) is 60.7 Å². The minimum atomic E-state index is 0.774. The van der Waals surface area contributed by atoms with Crippen molar-refractivity contribution in [1.82, 2.24) is 0 Å². The normalized spacial score (nSPS) is 12.3. The van der Waals surface area contributed by atoms with Crippen molar-refractivity contribution < 1.29 is 0 Å². The summed E-state index contributed by atoms with van der Waals surface area (Å²) in [5.41, 5.74) is 3.33. The van der Waals surface area contributed by atoms with Gasteiger partial charge in [0, 0.05) is 28.2 Å². The van der Waals surface area contributed by atoms with Crippen LogP contribution >= 0.6 is 0 Å². The minimum Gasteiger partial charge on any atom is -0.342 e. The molecule has 0 fully saturated rings. The highest BCUT2D eigenvalue weighted by molar-refractivity contribution is 6.11. The summed E-state index contributed by atoms with van der Waals surface area (Å²) in [6.07, 6.45) is 0. The van der Waals surface area contributed by atoms with Crippen LogP contribution < -0.4 is 4.90 Å². The fourth-order valence-corrected chi connectivity index (χ4v) is 2.31. The van der Waals surface area contributed by atoms with Crippen molar-refractivity contribution >= 4 is 21.6 Å². The quantitative estimate of drug-likeness (QED) is 0.744. The van der Waals surface area contributed by atoms with Gasteiger partial charge in [-0.05, 0) is 29.8 Å². The van der Waals surface area contributed by atoms with E-state index >= 15 is 0 Å². The predicted octanol–water partition coefficient (Wildman–Crippen LogP) is 3.00. The van der Waals surface area contributed by atoms with E-state index in [0.29, 0.717) is 0 Å². The molecule has 0 N–H and O–H groups in total. The molecule has 0 aliphatic rings. The number of hydrogen-bond donors (Lipinski definition) is 0. The van der Waals surface area contributed by atoms with Crippen LogP contribution in [0.25, 0.3) is 0 Å². The van der Waals surface area contributed by atoms with Crippen molar-refractivity contribution in [2.75, 3.05) is 11.4 Å². The van der Waals surface area contributed by atoms with Gasteiger partial charge in [-0.3, -0.25) is 0 Å². The maximum atomic E-state index is 2.40. The maximum absolute atomic E-state index is 2.40. The molecule has 2 rings (SSSR count). The fraction of sp³-hybridized carbons (Fsp3) is 0.200. The Morgan fingerprint density at radius 2 is 1.29 bits per heavy atom. The Morgan fingerprint density at radius 3 is 1.65 bits per heavy atom. The smallest absolute Gasteiger partial charge is 0.0410 e. The van der Waals surface area contributed by atoms with Crippen LogP contribution in [-0.4, -0.2) is 16.8 Å². The summed E-state index contributed by atoms with van der Waals surface area (Å²) in [6.45, 7) is 3.41. The predicted molar refractivity (Wildman–Crippen MR) is 79.3 cm³/mol. The molecular weight excluding hydrogens is 222 g/mol. The lowest BCUT2D eigenvalue weighted by Gasteiger charge is -2.26. The molecule has 1 unspecified atom stereocenters. The van der Waals surface area contributed by atoms with E-state index in [1.165, 1.54) is 21.6 Å². The Labute approximate surface area is 107 Å². The van der Waals surface area contributed by atoms with Gasteiger partial charge in [0.25, 0.3) is 0 Å². The van der Waals surface area contributed by atoms with Gasteiger partial charge in [-0.25, -0.2) is 0 Å². The summed E-state index contributed by atoms with van der Waals surface area (Å²) in [5.74, 6) is 0. The first kappa shape index (κ1) is 11.9. The molecular formula is C15H19NSi. The Hall–Kier alpha value is -1.54. The van der Waals surface area contributed by atoms with E-state index in [9.17, 15) is 0 Å². The summed E-state index contributed by atoms with van der Waals surface area (Å²) in [5, 5.41) is 0. The van der Waals surface area contributed by atoms with Crippen LogP contribution in [0.3, 0.4) is 0 Å². The molecule has 2 aromatic carbocycles. The largest absolute Gasteiger partial charge is 0.342 e. The first-order valence-electron chi connectivity index (χ1n) is 6.15. The van der Waals surface area contributed by atoms with Crippen LogP contribution in [0, 0.1) is 0 Å². The third kappa shape index (κ3) is 3.20. The zero-order valence-corrected chi connectivity index (χ0v) is 12.5. The topological polar surface area (TPSA) is 3.24 Å². The molecule has 0 radical (unpaired) electrons. The van der Waals surface area contributed by atoms with Crippen molar-refractivity contribution in [2.24, 2.45) is 0 Å². The second-order valence-corrected chi connectivity index (χ2v) is 6.65. The third-order valence-corrected chi connectivity index (χ3v) is 3.05. The highest BCUT2D eigenvalue weighted by Gasteiger charge is 2.09. The summed E-state index contributed by atoms with van der Waals surface area (Å²) < 4.78 is 0. The molecule has 0 bridgehead atoms. The summed E-state index contributed by atoms with van der Waals surface area (Å²) in [7, 11) is 1.23. The van der Waals surface area contributed by atoms with Crippen LogP contribution in [0.1, 0.15) is 6.92 Å². The summed E-state index contributed by atoms with van der Waals surface area (Å²) >= 11 is 0. The second kappa shape index (κ2) is 5.69. The van der Waals surface area contributed by atoms with E-state index in [-0.39, 0.29) is 0 Å².